The van der Waals surface area contributed by atoms with Gasteiger partial charge in [0.05, 0.1) is 24.7 Å². The predicted molar refractivity (Wildman–Crippen MR) is 90.1 cm³/mol. The van der Waals surface area contributed by atoms with Gasteiger partial charge in [0.25, 0.3) is 5.91 Å². The molecule has 0 spiro atoms. The summed E-state index contributed by atoms with van der Waals surface area (Å²) < 4.78 is 29.5. The Morgan fingerprint density at radius 3 is 2.70 bits per heavy atom. The van der Waals surface area contributed by atoms with E-state index in [0.717, 1.165) is 11.4 Å². The molecule has 128 valence electrons. The molecule has 2 atom stereocenters. The van der Waals surface area contributed by atoms with Crippen LogP contribution >= 0.6 is 11.3 Å². The number of carbonyl (C=O) groups excluding carboxylic acids is 1. The zero-order chi connectivity index (χ0) is 16.8. The van der Waals surface area contributed by atoms with Crippen LogP contribution in [0.15, 0.2) is 6.07 Å². The molecular formula is C15H22N2O4S2. The highest BCUT2D eigenvalue weighted by atomic mass is 32.2. The lowest BCUT2D eigenvalue weighted by molar-refractivity contribution is 0.0351. The third kappa shape index (κ3) is 2.99. The average molecular weight is 358 g/mol. The standard InChI is InChI=1S/C15H22N2O4S2/c1-4-16-5-6-17(12-9-23(19,20)8-11(12)16)15(18)14-13(21-3)7-10(2)22-14/h7,11-12H,4-6,8-9H2,1-3H3/t11-,12+/m1/s1. The Morgan fingerprint density at radius 2 is 2.04 bits per heavy atom. The van der Waals surface area contributed by atoms with Gasteiger partial charge in [0.1, 0.15) is 10.6 Å². The monoisotopic (exact) mass is 358 g/mol. The first kappa shape index (κ1) is 16.7. The number of likely N-dealkylation sites (N-methyl/N-ethyl adjacent to an activating group) is 1. The molecule has 8 heteroatoms. The van der Waals surface area contributed by atoms with Gasteiger partial charge in [-0.05, 0) is 19.5 Å². The summed E-state index contributed by atoms with van der Waals surface area (Å²) in [6, 6.07) is 1.51. The molecule has 0 bridgehead atoms. The van der Waals surface area contributed by atoms with Gasteiger partial charge >= 0.3 is 0 Å². The largest absolute Gasteiger partial charge is 0.495 e. The first-order chi connectivity index (χ1) is 10.9. The van der Waals surface area contributed by atoms with Crippen LogP contribution in [0.2, 0.25) is 0 Å². The lowest BCUT2D eigenvalue weighted by Gasteiger charge is -2.43. The van der Waals surface area contributed by atoms with E-state index in [2.05, 4.69) is 4.90 Å². The summed E-state index contributed by atoms with van der Waals surface area (Å²) in [7, 11) is -1.54. The van der Waals surface area contributed by atoms with Gasteiger partial charge in [-0.15, -0.1) is 11.3 Å². The number of fused-ring (bicyclic) bond motifs is 1. The molecule has 2 saturated heterocycles. The van der Waals surface area contributed by atoms with E-state index in [-0.39, 0.29) is 29.5 Å². The van der Waals surface area contributed by atoms with Crippen LogP contribution in [0.5, 0.6) is 5.75 Å². The number of methoxy groups -OCH3 is 1. The van der Waals surface area contributed by atoms with Crippen LogP contribution < -0.4 is 4.74 Å². The van der Waals surface area contributed by atoms with Gasteiger partial charge in [0.2, 0.25) is 0 Å². The lowest BCUT2D eigenvalue weighted by atomic mass is 10.0. The number of thiophene rings is 1. The number of piperazine rings is 1. The van der Waals surface area contributed by atoms with Crippen molar-refractivity contribution in [3.8, 4) is 5.75 Å². The molecule has 23 heavy (non-hydrogen) atoms. The molecule has 1 aromatic heterocycles. The maximum atomic E-state index is 13.0. The molecule has 2 aliphatic heterocycles. The molecule has 1 aromatic rings. The second kappa shape index (κ2) is 6.07. The third-order valence-corrected chi connectivity index (χ3v) is 7.41. The summed E-state index contributed by atoms with van der Waals surface area (Å²) in [5.74, 6) is 0.679. The fourth-order valence-electron chi connectivity index (χ4n) is 3.59. The number of sulfone groups is 1. The van der Waals surface area contributed by atoms with Crippen molar-refractivity contribution < 1.29 is 17.9 Å². The summed E-state index contributed by atoms with van der Waals surface area (Å²) in [5, 5.41) is 0. The van der Waals surface area contributed by atoms with E-state index < -0.39 is 9.84 Å². The number of rotatable bonds is 3. The van der Waals surface area contributed by atoms with Crippen molar-refractivity contribution in [1.29, 1.82) is 0 Å². The maximum Gasteiger partial charge on any atom is 0.268 e. The van der Waals surface area contributed by atoms with Gasteiger partial charge in [0.15, 0.2) is 9.84 Å². The summed E-state index contributed by atoms with van der Waals surface area (Å²) in [6.45, 7) is 6.04. The molecule has 3 heterocycles. The van der Waals surface area contributed by atoms with Crippen LogP contribution in [-0.4, -0.2) is 74.5 Å². The Bertz CT molecular complexity index is 713. The fraction of sp³-hybridized carbons (Fsp3) is 0.667. The predicted octanol–water partition coefficient (Wildman–Crippen LogP) is 1.01. The van der Waals surface area contributed by atoms with Crippen molar-refractivity contribution in [2.24, 2.45) is 0 Å². The molecule has 0 aliphatic carbocycles. The molecule has 3 rings (SSSR count). The van der Waals surface area contributed by atoms with Crippen LogP contribution in [0.3, 0.4) is 0 Å². The van der Waals surface area contributed by atoms with Crippen LogP contribution in [0.25, 0.3) is 0 Å². The van der Waals surface area contributed by atoms with Crippen molar-refractivity contribution in [3.63, 3.8) is 0 Å². The van der Waals surface area contributed by atoms with E-state index in [1.807, 2.05) is 19.9 Å². The van der Waals surface area contributed by atoms with Gasteiger partial charge in [0, 0.05) is 24.0 Å². The first-order valence-corrected chi connectivity index (χ1v) is 10.4. The Balaban J connectivity index is 1.92. The van der Waals surface area contributed by atoms with Crippen LogP contribution in [0.1, 0.15) is 21.5 Å². The molecule has 2 fully saturated rings. The quantitative estimate of drug-likeness (QED) is 0.807. The smallest absolute Gasteiger partial charge is 0.268 e. The van der Waals surface area contributed by atoms with E-state index in [9.17, 15) is 13.2 Å². The van der Waals surface area contributed by atoms with Crippen molar-refractivity contribution in [2.45, 2.75) is 25.9 Å². The minimum atomic E-state index is -3.09. The number of amides is 1. The Labute approximate surface area is 140 Å². The number of hydrogen-bond donors (Lipinski definition) is 0. The third-order valence-electron chi connectivity index (χ3n) is 4.69. The molecule has 0 saturated carbocycles. The molecule has 0 radical (unpaired) electrons. The van der Waals surface area contributed by atoms with Crippen LogP contribution in [0, 0.1) is 6.92 Å². The zero-order valence-electron chi connectivity index (χ0n) is 13.6. The highest BCUT2D eigenvalue weighted by Gasteiger charge is 2.48. The van der Waals surface area contributed by atoms with Gasteiger partial charge in [-0.3, -0.25) is 9.69 Å². The highest BCUT2D eigenvalue weighted by molar-refractivity contribution is 7.91. The molecule has 0 aromatic carbocycles. The van der Waals surface area contributed by atoms with E-state index in [4.69, 9.17) is 4.74 Å². The van der Waals surface area contributed by atoms with Crippen LogP contribution in [-0.2, 0) is 9.84 Å². The van der Waals surface area contributed by atoms with Crippen molar-refractivity contribution >= 4 is 27.1 Å². The van der Waals surface area contributed by atoms with E-state index in [1.165, 1.54) is 11.3 Å². The number of hydrogen-bond acceptors (Lipinski definition) is 6. The van der Waals surface area contributed by atoms with Gasteiger partial charge < -0.3 is 9.64 Å². The second-order valence-electron chi connectivity index (χ2n) is 6.09. The van der Waals surface area contributed by atoms with Crippen molar-refractivity contribution in [3.05, 3.63) is 15.8 Å². The normalized spacial score (nSPS) is 27.0. The Morgan fingerprint density at radius 1 is 1.35 bits per heavy atom. The maximum absolute atomic E-state index is 13.0. The minimum Gasteiger partial charge on any atom is -0.495 e. The number of carbonyl (C=O) groups is 1. The average Bonchev–Trinajstić information content (AvgIpc) is 3.03. The molecular weight excluding hydrogens is 336 g/mol. The molecule has 6 nitrogen and oxygen atoms in total. The van der Waals surface area contributed by atoms with Gasteiger partial charge in [-0.2, -0.15) is 0 Å². The van der Waals surface area contributed by atoms with E-state index in [1.54, 1.807) is 12.0 Å². The van der Waals surface area contributed by atoms with Gasteiger partial charge in [-0.25, -0.2) is 8.42 Å². The SMILES string of the molecule is CCN1CCN(C(=O)c2sc(C)cc2OC)[C@H]2CS(=O)(=O)C[C@H]21. The van der Waals surface area contributed by atoms with Crippen molar-refractivity contribution in [1.82, 2.24) is 9.80 Å². The summed E-state index contributed by atoms with van der Waals surface area (Å²) in [5.41, 5.74) is 0. The number of nitrogens with zero attached hydrogens (tertiary/aromatic N) is 2. The fourth-order valence-corrected chi connectivity index (χ4v) is 6.54. The lowest BCUT2D eigenvalue weighted by Crippen LogP contribution is -2.60. The summed E-state index contributed by atoms with van der Waals surface area (Å²) in [4.78, 5) is 18.5. The Kier molecular flexibility index (Phi) is 4.41. The zero-order valence-corrected chi connectivity index (χ0v) is 15.2. The Hall–Kier alpha value is -1.12. The van der Waals surface area contributed by atoms with Crippen LogP contribution in [0.4, 0.5) is 0 Å². The highest BCUT2D eigenvalue weighted by Crippen LogP contribution is 2.33. The number of aryl methyl sites for hydroxylation is 1. The minimum absolute atomic E-state index is 0.0621. The van der Waals surface area contributed by atoms with Gasteiger partial charge in [-0.1, -0.05) is 6.92 Å². The second-order valence-corrected chi connectivity index (χ2v) is 9.50. The van der Waals surface area contributed by atoms with E-state index >= 15 is 0 Å². The van der Waals surface area contributed by atoms with Crippen molar-refractivity contribution in [2.75, 3.05) is 38.2 Å². The topological polar surface area (TPSA) is 66.9 Å². The molecule has 0 unspecified atom stereocenters. The summed E-state index contributed by atoms with van der Waals surface area (Å²) in [6.07, 6.45) is 0. The summed E-state index contributed by atoms with van der Waals surface area (Å²) >= 11 is 1.40. The molecule has 2 aliphatic rings. The van der Waals surface area contributed by atoms with E-state index in [0.29, 0.717) is 23.7 Å². The molecule has 0 N–H and O–H groups in total. The molecule has 1 amide bonds. The number of ether oxygens (including phenoxy) is 1. The first-order valence-electron chi connectivity index (χ1n) is 7.76.